The molecule has 2 rings (SSSR count). The van der Waals surface area contributed by atoms with Crippen LogP contribution in [0.2, 0.25) is 0 Å². The lowest BCUT2D eigenvalue weighted by molar-refractivity contribution is 0.159. The van der Waals surface area contributed by atoms with Crippen molar-refractivity contribution < 1.29 is 14.3 Å². The normalized spacial score (nSPS) is 14.7. The van der Waals surface area contributed by atoms with Crippen molar-refractivity contribution >= 4 is 0 Å². The van der Waals surface area contributed by atoms with E-state index in [0.717, 1.165) is 42.6 Å². The number of halogens is 1. The number of benzene rings is 1. The van der Waals surface area contributed by atoms with E-state index in [9.17, 15) is 4.39 Å². The molecular weight excluding hydrogens is 209 g/mol. The van der Waals surface area contributed by atoms with Crippen LogP contribution in [0.1, 0.15) is 29.5 Å². The SMILES string of the molecule is COc1cc(CNO)c(F)c2c1CCCC2. The van der Waals surface area contributed by atoms with Gasteiger partial charge in [-0.05, 0) is 37.3 Å². The topological polar surface area (TPSA) is 41.5 Å². The molecule has 0 atom stereocenters. The van der Waals surface area contributed by atoms with Gasteiger partial charge in [-0.15, -0.1) is 0 Å². The first kappa shape index (κ1) is 11.4. The molecule has 0 saturated carbocycles. The molecule has 4 heteroatoms. The van der Waals surface area contributed by atoms with Crippen LogP contribution in [-0.4, -0.2) is 12.3 Å². The van der Waals surface area contributed by atoms with Crippen molar-refractivity contribution in [3.05, 3.63) is 28.6 Å². The predicted octanol–water partition coefficient (Wildman–Crippen LogP) is 2.19. The third-order valence-electron chi connectivity index (χ3n) is 3.11. The first-order chi connectivity index (χ1) is 7.77. The van der Waals surface area contributed by atoms with Crippen LogP contribution in [-0.2, 0) is 19.4 Å². The van der Waals surface area contributed by atoms with Crippen LogP contribution in [0, 0.1) is 5.82 Å². The molecule has 0 radical (unpaired) electrons. The molecule has 1 aliphatic carbocycles. The van der Waals surface area contributed by atoms with Crippen molar-refractivity contribution in [1.82, 2.24) is 5.48 Å². The van der Waals surface area contributed by atoms with E-state index in [4.69, 9.17) is 9.94 Å². The van der Waals surface area contributed by atoms with E-state index in [1.54, 1.807) is 13.2 Å². The Hall–Kier alpha value is -1.13. The molecule has 0 fully saturated rings. The maximum Gasteiger partial charge on any atom is 0.131 e. The zero-order valence-electron chi connectivity index (χ0n) is 9.35. The summed E-state index contributed by atoms with van der Waals surface area (Å²) >= 11 is 0. The average Bonchev–Trinajstić information content (AvgIpc) is 2.33. The maximum atomic E-state index is 14.1. The van der Waals surface area contributed by atoms with E-state index in [1.165, 1.54) is 0 Å². The molecule has 16 heavy (non-hydrogen) atoms. The molecule has 0 unspecified atom stereocenters. The second kappa shape index (κ2) is 4.80. The summed E-state index contributed by atoms with van der Waals surface area (Å²) in [6.07, 6.45) is 3.74. The zero-order valence-corrected chi connectivity index (χ0v) is 9.35. The predicted molar refractivity (Wildman–Crippen MR) is 58.2 cm³/mol. The van der Waals surface area contributed by atoms with Gasteiger partial charge in [0.2, 0.25) is 0 Å². The minimum atomic E-state index is -0.197. The lowest BCUT2D eigenvalue weighted by Gasteiger charge is -2.21. The molecule has 1 aromatic carbocycles. The minimum Gasteiger partial charge on any atom is -0.496 e. The number of methoxy groups -OCH3 is 1. The molecular formula is C12H16FNO2. The summed E-state index contributed by atoms with van der Waals surface area (Å²) in [5, 5.41) is 8.65. The van der Waals surface area contributed by atoms with Crippen molar-refractivity contribution in [3.8, 4) is 5.75 Å². The molecule has 2 N–H and O–H groups in total. The fourth-order valence-electron chi connectivity index (χ4n) is 2.32. The second-order valence-electron chi connectivity index (χ2n) is 4.05. The summed E-state index contributed by atoms with van der Waals surface area (Å²) in [4.78, 5) is 0. The van der Waals surface area contributed by atoms with Gasteiger partial charge in [-0.2, -0.15) is 0 Å². The van der Waals surface area contributed by atoms with E-state index in [2.05, 4.69) is 0 Å². The Kier molecular flexibility index (Phi) is 3.41. The average molecular weight is 225 g/mol. The summed E-state index contributed by atoms with van der Waals surface area (Å²) in [6.45, 7) is 0.107. The van der Waals surface area contributed by atoms with E-state index in [1.807, 2.05) is 5.48 Å². The highest BCUT2D eigenvalue weighted by Crippen LogP contribution is 2.33. The molecule has 88 valence electrons. The highest BCUT2D eigenvalue weighted by atomic mass is 19.1. The fraction of sp³-hybridized carbons (Fsp3) is 0.500. The van der Waals surface area contributed by atoms with Gasteiger partial charge in [-0.1, -0.05) is 0 Å². The Morgan fingerprint density at radius 3 is 2.69 bits per heavy atom. The maximum absolute atomic E-state index is 14.1. The molecule has 1 aromatic rings. The van der Waals surface area contributed by atoms with Gasteiger partial charge in [0.1, 0.15) is 11.6 Å². The standard InChI is InChI=1S/C12H16FNO2/c1-16-11-6-8(7-14-15)12(13)10-5-3-2-4-9(10)11/h6,14-15H,2-5,7H2,1H3. The molecule has 0 spiro atoms. The van der Waals surface area contributed by atoms with Gasteiger partial charge in [0.25, 0.3) is 0 Å². The first-order valence-electron chi connectivity index (χ1n) is 5.52. The minimum absolute atomic E-state index is 0.107. The van der Waals surface area contributed by atoms with Gasteiger partial charge in [0.05, 0.1) is 7.11 Å². The first-order valence-corrected chi connectivity index (χ1v) is 5.52. The Morgan fingerprint density at radius 1 is 1.38 bits per heavy atom. The van der Waals surface area contributed by atoms with E-state index in [0.29, 0.717) is 5.56 Å². The van der Waals surface area contributed by atoms with E-state index in [-0.39, 0.29) is 12.4 Å². The smallest absolute Gasteiger partial charge is 0.131 e. The fourth-order valence-corrected chi connectivity index (χ4v) is 2.32. The summed E-state index contributed by atoms with van der Waals surface area (Å²) in [5.74, 6) is 0.540. The molecule has 0 aromatic heterocycles. The van der Waals surface area contributed by atoms with Gasteiger partial charge >= 0.3 is 0 Å². The van der Waals surface area contributed by atoms with Crippen molar-refractivity contribution in [3.63, 3.8) is 0 Å². The van der Waals surface area contributed by atoms with Crippen molar-refractivity contribution in [2.24, 2.45) is 0 Å². The Labute approximate surface area is 94.2 Å². The summed E-state index contributed by atoms with van der Waals surface area (Å²) < 4.78 is 19.3. The highest BCUT2D eigenvalue weighted by Gasteiger charge is 2.20. The zero-order chi connectivity index (χ0) is 11.5. The quantitative estimate of drug-likeness (QED) is 0.775. The van der Waals surface area contributed by atoms with Crippen molar-refractivity contribution in [2.75, 3.05) is 7.11 Å². The van der Waals surface area contributed by atoms with E-state index >= 15 is 0 Å². The van der Waals surface area contributed by atoms with Gasteiger partial charge in [0.15, 0.2) is 0 Å². The van der Waals surface area contributed by atoms with Crippen LogP contribution < -0.4 is 10.2 Å². The third kappa shape index (κ3) is 1.90. The molecule has 0 aliphatic heterocycles. The van der Waals surface area contributed by atoms with Gasteiger partial charge in [0, 0.05) is 17.7 Å². The largest absolute Gasteiger partial charge is 0.496 e. The van der Waals surface area contributed by atoms with Crippen LogP contribution in [0.3, 0.4) is 0 Å². The molecule has 3 nitrogen and oxygen atoms in total. The number of ether oxygens (including phenoxy) is 1. The monoisotopic (exact) mass is 225 g/mol. The van der Waals surface area contributed by atoms with Gasteiger partial charge in [-0.25, -0.2) is 9.87 Å². The van der Waals surface area contributed by atoms with Crippen LogP contribution in [0.4, 0.5) is 4.39 Å². The van der Waals surface area contributed by atoms with Crippen molar-refractivity contribution in [1.29, 1.82) is 0 Å². The lowest BCUT2D eigenvalue weighted by atomic mass is 9.89. The summed E-state index contributed by atoms with van der Waals surface area (Å²) in [6, 6.07) is 1.67. The Bertz CT molecular complexity index is 393. The number of hydrogen-bond acceptors (Lipinski definition) is 3. The number of nitrogens with one attached hydrogen (secondary N) is 1. The summed E-state index contributed by atoms with van der Waals surface area (Å²) in [7, 11) is 1.60. The second-order valence-corrected chi connectivity index (χ2v) is 4.05. The number of hydroxylamine groups is 1. The number of hydrogen-bond donors (Lipinski definition) is 2. The van der Waals surface area contributed by atoms with Gasteiger partial charge in [-0.3, -0.25) is 0 Å². The van der Waals surface area contributed by atoms with Crippen LogP contribution in [0.25, 0.3) is 0 Å². The van der Waals surface area contributed by atoms with Crippen LogP contribution in [0.5, 0.6) is 5.75 Å². The number of fused-ring (bicyclic) bond motifs is 1. The van der Waals surface area contributed by atoms with Crippen LogP contribution >= 0.6 is 0 Å². The Balaban J connectivity index is 2.51. The Morgan fingerprint density at radius 2 is 2.06 bits per heavy atom. The molecule has 0 bridgehead atoms. The van der Waals surface area contributed by atoms with Gasteiger partial charge < -0.3 is 9.94 Å². The third-order valence-corrected chi connectivity index (χ3v) is 3.11. The molecule has 0 saturated heterocycles. The van der Waals surface area contributed by atoms with E-state index < -0.39 is 0 Å². The molecule has 0 heterocycles. The molecule has 1 aliphatic rings. The molecule has 0 amide bonds. The number of rotatable bonds is 3. The lowest BCUT2D eigenvalue weighted by Crippen LogP contribution is -2.14. The van der Waals surface area contributed by atoms with Crippen LogP contribution in [0.15, 0.2) is 6.07 Å². The van der Waals surface area contributed by atoms with Crippen molar-refractivity contribution in [2.45, 2.75) is 32.2 Å². The summed E-state index contributed by atoms with van der Waals surface area (Å²) in [5.41, 5.74) is 4.20. The highest BCUT2D eigenvalue weighted by molar-refractivity contribution is 5.46.